The highest BCUT2D eigenvalue weighted by molar-refractivity contribution is 9.10. The van der Waals surface area contributed by atoms with Crippen molar-refractivity contribution < 1.29 is 0 Å². The Morgan fingerprint density at radius 2 is 1.77 bits per heavy atom. The van der Waals surface area contributed by atoms with Crippen LogP contribution >= 0.6 is 27.5 Å². The fraction of sp³-hybridized carbons (Fsp3) is 0.391. The van der Waals surface area contributed by atoms with Crippen molar-refractivity contribution in [3.8, 4) is 0 Å². The second-order valence-electron chi connectivity index (χ2n) is 8.09. The molecule has 30 heavy (non-hydrogen) atoms. The summed E-state index contributed by atoms with van der Waals surface area (Å²) < 4.78 is 1.06. The molecular weight excluding hydrogens is 462 g/mol. The van der Waals surface area contributed by atoms with Crippen LogP contribution in [0, 0.1) is 0 Å². The standard InChI is InChI=1S/C23H27BrClN5/c1-30(2)22-19-5-3-4-6-21(19)28-23(29-22)27-18-10-8-17(9-11-18)26-14-15-13-16(24)7-12-20(15)25/h3-7,12-13,17-18,26H,8-11,14H2,1-2H3,(H,27,28,29). The molecule has 1 aromatic heterocycles. The van der Waals surface area contributed by atoms with Crippen molar-refractivity contribution in [2.45, 2.75) is 44.3 Å². The number of anilines is 2. The molecule has 0 unspecified atom stereocenters. The number of para-hydroxylation sites is 1. The van der Waals surface area contributed by atoms with Crippen molar-refractivity contribution in [1.29, 1.82) is 0 Å². The van der Waals surface area contributed by atoms with Crippen LogP contribution in [-0.2, 0) is 6.54 Å². The summed E-state index contributed by atoms with van der Waals surface area (Å²) in [5, 5.41) is 9.13. The fourth-order valence-electron chi connectivity index (χ4n) is 4.02. The molecule has 1 heterocycles. The van der Waals surface area contributed by atoms with Gasteiger partial charge in [-0.1, -0.05) is 39.7 Å². The lowest BCUT2D eigenvalue weighted by Crippen LogP contribution is -2.37. The molecule has 1 fully saturated rings. The maximum atomic E-state index is 6.32. The van der Waals surface area contributed by atoms with E-state index >= 15 is 0 Å². The largest absolute Gasteiger partial charge is 0.362 e. The smallest absolute Gasteiger partial charge is 0.225 e. The van der Waals surface area contributed by atoms with Gasteiger partial charge in [0.15, 0.2) is 0 Å². The first-order valence-electron chi connectivity index (χ1n) is 10.4. The topological polar surface area (TPSA) is 53.1 Å². The van der Waals surface area contributed by atoms with Crippen LogP contribution < -0.4 is 15.5 Å². The van der Waals surface area contributed by atoms with Crippen LogP contribution in [0.25, 0.3) is 10.9 Å². The maximum Gasteiger partial charge on any atom is 0.225 e. The molecule has 1 aliphatic carbocycles. The molecule has 0 saturated heterocycles. The van der Waals surface area contributed by atoms with Crippen molar-refractivity contribution in [1.82, 2.24) is 15.3 Å². The minimum Gasteiger partial charge on any atom is -0.362 e. The number of nitrogens with one attached hydrogen (secondary N) is 2. The lowest BCUT2D eigenvalue weighted by Gasteiger charge is -2.30. The molecule has 1 saturated carbocycles. The second-order valence-corrected chi connectivity index (χ2v) is 9.41. The van der Waals surface area contributed by atoms with Gasteiger partial charge in [-0.15, -0.1) is 0 Å². The third kappa shape index (κ3) is 5.05. The minimum atomic E-state index is 0.397. The number of aromatic nitrogens is 2. The molecule has 0 radical (unpaired) electrons. The van der Waals surface area contributed by atoms with Crippen molar-refractivity contribution >= 4 is 50.2 Å². The van der Waals surface area contributed by atoms with Gasteiger partial charge in [-0.05, 0) is 61.6 Å². The van der Waals surface area contributed by atoms with E-state index in [4.69, 9.17) is 21.6 Å². The molecule has 0 atom stereocenters. The number of hydrogen-bond acceptors (Lipinski definition) is 5. The van der Waals surface area contributed by atoms with E-state index in [0.29, 0.717) is 12.1 Å². The second kappa shape index (κ2) is 9.50. The van der Waals surface area contributed by atoms with Gasteiger partial charge in [0.2, 0.25) is 5.95 Å². The van der Waals surface area contributed by atoms with Gasteiger partial charge in [0.25, 0.3) is 0 Å². The van der Waals surface area contributed by atoms with Gasteiger partial charge in [0.05, 0.1) is 5.52 Å². The van der Waals surface area contributed by atoms with Crippen LogP contribution in [0.15, 0.2) is 46.9 Å². The van der Waals surface area contributed by atoms with Crippen molar-refractivity contribution in [2.24, 2.45) is 0 Å². The summed E-state index contributed by atoms with van der Waals surface area (Å²) in [5.41, 5.74) is 2.10. The first-order valence-corrected chi connectivity index (χ1v) is 11.5. The van der Waals surface area contributed by atoms with Crippen molar-refractivity contribution in [3.05, 3.63) is 57.5 Å². The van der Waals surface area contributed by atoms with E-state index in [-0.39, 0.29) is 0 Å². The van der Waals surface area contributed by atoms with E-state index in [1.807, 2.05) is 49.3 Å². The summed E-state index contributed by atoms with van der Waals surface area (Å²) in [6, 6.07) is 15.1. The number of rotatable bonds is 6. The predicted molar refractivity (Wildman–Crippen MR) is 130 cm³/mol. The van der Waals surface area contributed by atoms with E-state index in [1.165, 1.54) is 0 Å². The molecule has 0 spiro atoms. The lowest BCUT2D eigenvalue weighted by atomic mass is 9.91. The Balaban J connectivity index is 1.35. The Hall–Kier alpha value is -1.89. The summed E-state index contributed by atoms with van der Waals surface area (Å²) in [6.45, 7) is 0.793. The van der Waals surface area contributed by atoms with Crippen LogP contribution in [0.5, 0.6) is 0 Å². The average molecular weight is 489 g/mol. The van der Waals surface area contributed by atoms with E-state index < -0.39 is 0 Å². The Kier molecular flexibility index (Phi) is 6.76. The van der Waals surface area contributed by atoms with Crippen molar-refractivity contribution in [2.75, 3.05) is 24.3 Å². The summed E-state index contributed by atoms with van der Waals surface area (Å²) in [7, 11) is 4.04. The fourth-order valence-corrected chi connectivity index (χ4v) is 4.62. The molecule has 0 aliphatic heterocycles. The summed E-state index contributed by atoms with van der Waals surface area (Å²) in [6.07, 6.45) is 4.43. The number of benzene rings is 2. The van der Waals surface area contributed by atoms with Gasteiger partial charge >= 0.3 is 0 Å². The number of halogens is 2. The zero-order valence-electron chi connectivity index (χ0n) is 17.3. The summed E-state index contributed by atoms with van der Waals surface area (Å²) >= 11 is 9.84. The normalized spacial score (nSPS) is 19.1. The molecule has 4 rings (SSSR count). The molecule has 2 N–H and O–H groups in total. The highest BCUT2D eigenvalue weighted by Crippen LogP contribution is 2.27. The van der Waals surface area contributed by atoms with Crippen LogP contribution in [0.3, 0.4) is 0 Å². The van der Waals surface area contributed by atoms with Gasteiger partial charge in [-0.3, -0.25) is 0 Å². The first kappa shape index (κ1) is 21.3. The minimum absolute atomic E-state index is 0.397. The van der Waals surface area contributed by atoms with Gasteiger partial charge in [-0.25, -0.2) is 4.98 Å². The van der Waals surface area contributed by atoms with Crippen LogP contribution in [-0.4, -0.2) is 36.1 Å². The lowest BCUT2D eigenvalue weighted by molar-refractivity contribution is 0.352. The molecule has 3 aromatic rings. The third-order valence-corrected chi connectivity index (χ3v) is 6.52. The molecule has 7 heteroatoms. The van der Waals surface area contributed by atoms with E-state index in [9.17, 15) is 0 Å². The first-order chi connectivity index (χ1) is 14.5. The molecule has 5 nitrogen and oxygen atoms in total. The number of fused-ring (bicyclic) bond motifs is 1. The maximum absolute atomic E-state index is 6.32. The Morgan fingerprint density at radius 3 is 2.53 bits per heavy atom. The highest BCUT2D eigenvalue weighted by atomic mass is 79.9. The third-order valence-electron chi connectivity index (χ3n) is 5.66. The highest BCUT2D eigenvalue weighted by Gasteiger charge is 2.22. The molecule has 158 valence electrons. The van der Waals surface area contributed by atoms with Crippen LogP contribution in [0.2, 0.25) is 5.02 Å². The monoisotopic (exact) mass is 487 g/mol. The van der Waals surface area contributed by atoms with Crippen molar-refractivity contribution in [3.63, 3.8) is 0 Å². The van der Waals surface area contributed by atoms with Crippen LogP contribution in [0.1, 0.15) is 31.2 Å². The van der Waals surface area contributed by atoms with E-state index in [2.05, 4.69) is 38.7 Å². The molecule has 1 aliphatic rings. The van der Waals surface area contributed by atoms with E-state index in [1.54, 1.807) is 0 Å². The van der Waals surface area contributed by atoms with Gasteiger partial charge in [0, 0.05) is 47.6 Å². The number of nitrogens with zero attached hydrogens (tertiary/aromatic N) is 3. The summed E-state index contributed by atoms with van der Waals surface area (Å²) in [5.74, 6) is 1.67. The van der Waals surface area contributed by atoms with Gasteiger partial charge in [-0.2, -0.15) is 4.98 Å². The summed E-state index contributed by atoms with van der Waals surface area (Å²) in [4.78, 5) is 11.6. The van der Waals surface area contributed by atoms with Gasteiger partial charge in [0.1, 0.15) is 5.82 Å². The molecule has 0 bridgehead atoms. The SMILES string of the molecule is CN(C)c1nc(NC2CCC(NCc3cc(Br)ccc3Cl)CC2)nc2ccccc12. The number of hydrogen-bond donors (Lipinski definition) is 2. The van der Waals surface area contributed by atoms with Crippen LogP contribution in [0.4, 0.5) is 11.8 Å². The molecular formula is C23H27BrClN5. The Morgan fingerprint density at radius 1 is 1.03 bits per heavy atom. The molecule has 0 amide bonds. The zero-order chi connectivity index (χ0) is 21.1. The Bertz CT molecular complexity index is 1020. The molecule has 2 aromatic carbocycles. The zero-order valence-corrected chi connectivity index (χ0v) is 19.7. The Labute approximate surface area is 191 Å². The van der Waals surface area contributed by atoms with Gasteiger partial charge < -0.3 is 15.5 Å². The predicted octanol–water partition coefficient (Wildman–Crippen LogP) is 5.62. The van der Waals surface area contributed by atoms with E-state index in [0.717, 1.165) is 70.0 Å². The quantitative estimate of drug-likeness (QED) is 0.471. The average Bonchev–Trinajstić information content (AvgIpc) is 2.74.